The molecule has 0 aromatic heterocycles. The lowest BCUT2D eigenvalue weighted by atomic mass is 9.62. The number of anilines is 2. The third kappa shape index (κ3) is 7.55. The van der Waals surface area contributed by atoms with E-state index in [-0.39, 0.29) is 16.2 Å². The summed E-state index contributed by atoms with van der Waals surface area (Å²) in [6, 6.07) is 13.3. The fourth-order valence-electron chi connectivity index (χ4n) is 9.80. The van der Waals surface area contributed by atoms with Crippen LogP contribution in [0.1, 0.15) is 129 Å². The van der Waals surface area contributed by atoms with E-state index >= 15 is 0 Å². The average Bonchev–Trinajstić information content (AvgIpc) is 3.09. The van der Waals surface area contributed by atoms with Crippen molar-refractivity contribution in [1.29, 1.82) is 0 Å². The van der Waals surface area contributed by atoms with E-state index in [1.165, 1.54) is 61.0 Å². The van der Waals surface area contributed by atoms with E-state index in [4.69, 9.17) is 19.1 Å². The summed E-state index contributed by atoms with van der Waals surface area (Å²) >= 11 is 0. The molecule has 50 heavy (non-hydrogen) atoms. The van der Waals surface area contributed by atoms with Gasteiger partial charge in [0, 0.05) is 48.7 Å². The molecule has 0 radical (unpaired) electrons. The molecule has 8 heteroatoms. The zero-order valence-corrected chi connectivity index (χ0v) is 32.2. The highest BCUT2D eigenvalue weighted by Gasteiger charge is 2.48. The van der Waals surface area contributed by atoms with Crippen molar-refractivity contribution < 1.29 is 24.2 Å². The van der Waals surface area contributed by atoms with Gasteiger partial charge in [0.2, 0.25) is 0 Å². The molecule has 2 fully saturated rings. The summed E-state index contributed by atoms with van der Waals surface area (Å²) in [6.45, 7) is 16.1. The second-order valence-electron chi connectivity index (χ2n) is 17.1. The fraction of sp³-hybridized carbons (Fsp3) is 0.714. The Labute approximate surface area is 301 Å². The molecular formula is C42H64N3O5+. The normalized spacial score (nSPS) is 27.7. The van der Waals surface area contributed by atoms with Crippen LogP contribution < -0.4 is 19.3 Å². The second-order valence-corrected chi connectivity index (χ2v) is 17.1. The quantitative estimate of drug-likeness (QED) is 0.144. The average molecular weight is 691 g/mol. The van der Waals surface area contributed by atoms with Crippen LogP contribution in [0.2, 0.25) is 0 Å². The molecule has 8 nitrogen and oxygen atoms in total. The first-order valence-electron chi connectivity index (χ1n) is 19.6. The van der Waals surface area contributed by atoms with Gasteiger partial charge < -0.3 is 19.3 Å². The standard InChI is InChI=1S/C42H64N3O5/c1-29-13-19-37-35(25-29)33-17-15-31(27-39(33)43(7)41(37,3)4)47-21-9-11-23-49-45(46)50-24-12-10-22-48-32-16-18-34-36-26-30(2)14-20-38(36)42(5,6)44(8)40(34)28-32/h15-18,27-30,35-38H,9-14,19-26H2,1-8H3/q+1/t29-,30-,35+,36+,37-,38-/m1/s1. The van der Waals surface area contributed by atoms with Crippen LogP contribution in [0.15, 0.2) is 36.4 Å². The minimum Gasteiger partial charge on any atom is -0.494 e. The van der Waals surface area contributed by atoms with Gasteiger partial charge in [-0.2, -0.15) is 9.68 Å². The van der Waals surface area contributed by atoms with Crippen LogP contribution in [0.3, 0.4) is 0 Å². The van der Waals surface area contributed by atoms with Crippen LogP contribution >= 0.6 is 0 Å². The molecule has 2 saturated carbocycles. The van der Waals surface area contributed by atoms with E-state index in [0.29, 0.717) is 62.9 Å². The molecule has 2 aliphatic carbocycles. The number of fused-ring (bicyclic) bond motifs is 6. The Morgan fingerprint density at radius 2 is 1.04 bits per heavy atom. The number of unbranched alkanes of at least 4 members (excludes halogenated alkanes) is 2. The van der Waals surface area contributed by atoms with Gasteiger partial charge in [0.25, 0.3) is 0 Å². The molecule has 4 aliphatic rings. The number of ether oxygens (including phenoxy) is 2. The van der Waals surface area contributed by atoms with Crippen LogP contribution in [0.4, 0.5) is 11.4 Å². The summed E-state index contributed by atoms with van der Waals surface area (Å²) in [7, 11) is 4.47. The van der Waals surface area contributed by atoms with Gasteiger partial charge in [0.1, 0.15) is 16.4 Å². The minimum absolute atomic E-state index is 0.128. The first-order chi connectivity index (χ1) is 23.9. The molecule has 276 valence electrons. The molecule has 0 N–H and O–H groups in total. The minimum atomic E-state index is 0.128. The van der Waals surface area contributed by atoms with Gasteiger partial charge in [-0.15, -0.1) is 0 Å². The smallest absolute Gasteiger partial charge is 0.477 e. The Bertz CT molecular complexity index is 1370. The van der Waals surface area contributed by atoms with E-state index < -0.39 is 0 Å². The summed E-state index contributed by atoms with van der Waals surface area (Å²) in [5.74, 6) is 6.01. The van der Waals surface area contributed by atoms with Gasteiger partial charge in [-0.25, -0.2) is 0 Å². The maximum atomic E-state index is 12.0. The van der Waals surface area contributed by atoms with Crippen molar-refractivity contribution in [2.45, 2.75) is 129 Å². The first-order valence-corrected chi connectivity index (χ1v) is 19.6. The van der Waals surface area contributed by atoms with Crippen molar-refractivity contribution >= 4 is 11.4 Å². The number of nitrogens with zero attached hydrogens (tertiary/aromatic N) is 3. The largest absolute Gasteiger partial charge is 0.494 e. The van der Waals surface area contributed by atoms with Gasteiger partial charge >= 0.3 is 5.09 Å². The van der Waals surface area contributed by atoms with E-state index in [0.717, 1.165) is 36.2 Å². The fourth-order valence-corrected chi connectivity index (χ4v) is 9.80. The number of rotatable bonds is 14. The Morgan fingerprint density at radius 1 is 0.640 bits per heavy atom. The van der Waals surface area contributed by atoms with Gasteiger partial charge in [0.05, 0.1) is 13.2 Å². The Kier molecular flexibility index (Phi) is 11.1. The van der Waals surface area contributed by atoms with Crippen molar-refractivity contribution in [3.05, 3.63) is 52.4 Å². The SMILES string of the molecule is C[C@@H]1CC[C@@H]2[C@@H](C1)c1ccc(OCCCCO[N+](=O)OCCCCOc3ccc4c(c3)N(C)C(C)(C)[C@@H]3CC[C@@H](C)C[C@@H]43)cc1N(C)C2(C)C. The van der Waals surface area contributed by atoms with E-state index in [1.807, 2.05) is 0 Å². The van der Waals surface area contributed by atoms with Gasteiger partial charge in [0.15, 0.2) is 13.2 Å². The molecule has 0 unspecified atom stereocenters. The number of benzene rings is 2. The Morgan fingerprint density at radius 3 is 1.46 bits per heavy atom. The molecule has 2 aromatic rings. The highest BCUT2D eigenvalue weighted by atomic mass is 17.0. The first kappa shape index (κ1) is 36.6. The molecule has 6 rings (SSSR count). The maximum absolute atomic E-state index is 12.0. The van der Waals surface area contributed by atoms with E-state index in [9.17, 15) is 4.91 Å². The molecule has 0 saturated heterocycles. The Hall–Kier alpha value is -3.16. The van der Waals surface area contributed by atoms with Crippen molar-refractivity contribution in [1.82, 2.24) is 0 Å². The summed E-state index contributed by atoms with van der Waals surface area (Å²) in [5.41, 5.74) is 5.82. The van der Waals surface area contributed by atoms with Crippen LogP contribution in [-0.4, -0.2) is 56.7 Å². The van der Waals surface area contributed by atoms with Crippen LogP contribution in [-0.2, 0) is 9.68 Å². The van der Waals surface area contributed by atoms with E-state index in [1.54, 1.807) is 0 Å². The third-order valence-corrected chi connectivity index (χ3v) is 13.3. The molecule has 0 spiro atoms. The maximum Gasteiger partial charge on any atom is 0.477 e. The van der Waals surface area contributed by atoms with Crippen molar-refractivity contribution in [2.75, 3.05) is 50.3 Å². The lowest BCUT2D eigenvalue weighted by Gasteiger charge is -2.54. The third-order valence-electron chi connectivity index (χ3n) is 13.3. The highest BCUT2D eigenvalue weighted by Crippen LogP contribution is 2.55. The van der Waals surface area contributed by atoms with Crippen molar-refractivity contribution in [2.24, 2.45) is 23.7 Å². The monoisotopic (exact) mass is 690 g/mol. The predicted octanol–water partition coefficient (Wildman–Crippen LogP) is 9.84. The summed E-state index contributed by atoms with van der Waals surface area (Å²) in [5, 5.41) is 0.253. The molecular weight excluding hydrogens is 626 g/mol. The van der Waals surface area contributed by atoms with Gasteiger partial charge in [-0.3, -0.25) is 0 Å². The van der Waals surface area contributed by atoms with Gasteiger partial charge in [-0.05, 0) is 138 Å². The summed E-state index contributed by atoms with van der Waals surface area (Å²) in [6.07, 6.45) is 10.8. The van der Waals surface area contributed by atoms with Crippen LogP contribution in [0.25, 0.3) is 0 Å². The van der Waals surface area contributed by atoms with Crippen LogP contribution in [0, 0.1) is 28.6 Å². The second kappa shape index (κ2) is 15.2. The molecule has 2 aliphatic heterocycles. The topological polar surface area (TPSA) is 63.5 Å². The Balaban J connectivity index is 0.852. The molecule has 6 atom stereocenters. The number of hydrogen-bond acceptors (Lipinski definition) is 7. The molecule has 0 bridgehead atoms. The summed E-state index contributed by atoms with van der Waals surface area (Å²) < 4.78 is 12.3. The lowest BCUT2D eigenvalue weighted by molar-refractivity contribution is -0.981. The molecule has 2 heterocycles. The molecule has 2 aromatic carbocycles. The van der Waals surface area contributed by atoms with Crippen LogP contribution in [0.5, 0.6) is 11.5 Å². The predicted molar refractivity (Wildman–Crippen MR) is 201 cm³/mol. The molecule has 0 amide bonds. The van der Waals surface area contributed by atoms with E-state index in [2.05, 4.69) is 102 Å². The highest BCUT2D eigenvalue weighted by molar-refractivity contribution is 5.63. The lowest BCUT2D eigenvalue weighted by Crippen LogP contribution is -2.54. The summed E-state index contributed by atoms with van der Waals surface area (Å²) in [4.78, 5) is 27.4. The zero-order chi connectivity index (χ0) is 35.6. The van der Waals surface area contributed by atoms with Gasteiger partial charge in [-0.1, -0.05) is 38.8 Å². The zero-order valence-electron chi connectivity index (χ0n) is 32.2. The van der Waals surface area contributed by atoms with Crippen molar-refractivity contribution in [3.63, 3.8) is 0 Å². The number of hydrogen-bond donors (Lipinski definition) is 0. The van der Waals surface area contributed by atoms with Crippen molar-refractivity contribution in [3.8, 4) is 11.5 Å².